The summed E-state index contributed by atoms with van der Waals surface area (Å²) >= 11 is 0. The van der Waals surface area contributed by atoms with Crippen LogP contribution in [-0.2, 0) is 11.2 Å². The largest absolute Gasteiger partial charge is 0.459 e. The van der Waals surface area contributed by atoms with Gasteiger partial charge in [-0.1, -0.05) is 30.3 Å². The van der Waals surface area contributed by atoms with Crippen LogP contribution in [0, 0.1) is 11.3 Å². The summed E-state index contributed by atoms with van der Waals surface area (Å²) < 4.78 is 5.01. The molecule has 6 nitrogen and oxygen atoms in total. The van der Waals surface area contributed by atoms with Gasteiger partial charge in [-0.05, 0) is 17.7 Å². The van der Waals surface area contributed by atoms with E-state index in [4.69, 9.17) is 9.68 Å². The van der Waals surface area contributed by atoms with Gasteiger partial charge < -0.3 is 15.1 Å². The molecule has 0 aliphatic heterocycles. The van der Waals surface area contributed by atoms with E-state index in [1.807, 2.05) is 36.4 Å². The molecule has 1 atom stereocenters. The Hall–Kier alpha value is -3.07. The molecular weight excluding hydrogens is 282 g/mol. The van der Waals surface area contributed by atoms with Crippen LogP contribution in [0.1, 0.15) is 16.1 Å². The SMILES string of the molecule is N#CCNC(=O)[C@@H](Cc1ccccc1)NC(=O)c1ccco1. The van der Waals surface area contributed by atoms with Crippen LogP contribution in [0.4, 0.5) is 0 Å². The van der Waals surface area contributed by atoms with Crippen LogP contribution < -0.4 is 10.6 Å². The fourth-order valence-corrected chi connectivity index (χ4v) is 1.95. The van der Waals surface area contributed by atoms with Crippen LogP contribution in [0.3, 0.4) is 0 Å². The van der Waals surface area contributed by atoms with Crippen molar-refractivity contribution in [3.63, 3.8) is 0 Å². The molecule has 0 bridgehead atoms. The first-order valence-corrected chi connectivity index (χ1v) is 6.73. The van der Waals surface area contributed by atoms with Gasteiger partial charge in [-0.15, -0.1) is 0 Å². The lowest BCUT2D eigenvalue weighted by molar-refractivity contribution is -0.122. The molecule has 0 aliphatic rings. The quantitative estimate of drug-likeness (QED) is 0.785. The first kappa shape index (κ1) is 15.3. The molecular formula is C16H15N3O3. The van der Waals surface area contributed by atoms with Crippen molar-refractivity contribution in [3.8, 4) is 6.07 Å². The third kappa shape index (κ3) is 4.21. The van der Waals surface area contributed by atoms with Crippen molar-refractivity contribution in [3.05, 3.63) is 60.1 Å². The van der Waals surface area contributed by atoms with Crippen LogP contribution in [-0.4, -0.2) is 24.4 Å². The summed E-state index contributed by atoms with van der Waals surface area (Å²) in [6.45, 7) is -0.110. The highest BCUT2D eigenvalue weighted by Gasteiger charge is 2.22. The maximum atomic E-state index is 12.1. The van der Waals surface area contributed by atoms with Crippen LogP contribution in [0.15, 0.2) is 53.1 Å². The Balaban J connectivity index is 2.09. The summed E-state index contributed by atoms with van der Waals surface area (Å²) in [5.41, 5.74) is 0.902. The number of rotatable bonds is 6. The second kappa shape index (κ2) is 7.64. The Kier molecular flexibility index (Phi) is 5.32. The van der Waals surface area contributed by atoms with Crippen molar-refractivity contribution in [1.29, 1.82) is 5.26 Å². The van der Waals surface area contributed by atoms with Gasteiger partial charge >= 0.3 is 0 Å². The average molecular weight is 297 g/mol. The maximum Gasteiger partial charge on any atom is 0.287 e. The first-order chi connectivity index (χ1) is 10.7. The van der Waals surface area contributed by atoms with E-state index in [-0.39, 0.29) is 12.3 Å². The molecule has 2 amide bonds. The van der Waals surface area contributed by atoms with Gasteiger partial charge in [0.05, 0.1) is 12.3 Å². The molecule has 6 heteroatoms. The van der Waals surface area contributed by atoms with Gasteiger partial charge in [0.25, 0.3) is 5.91 Å². The average Bonchev–Trinajstić information content (AvgIpc) is 3.07. The Morgan fingerprint density at radius 3 is 2.59 bits per heavy atom. The number of carbonyl (C=O) groups excluding carboxylic acids is 2. The third-order valence-corrected chi connectivity index (χ3v) is 2.99. The Morgan fingerprint density at radius 1 is 1.18 bits per heavy atom. The number of amides is 2. The topological polar surface area (TPSA) is 95.1 Å². The van der Waals surface area contributed by atoms with E-state index >= 15 is 0 Å². The van der Waals surface area contributed by atoms with Gasteiger partial charge in [-0.3, -0.25) is 9.59 Å². The lowest BCUT2D eigenvalue weighted by Crippen LogP contribution is -2.48. The van der Waals surface area contributed by atoms with E-state index in [9.17, 15) is 9.59 Å². The number of benzene rings is 1. The highest BCUT2D eigenvalue weighted by molar-refractivity contribution is 5.95. The van der Waals surface area contributed by atoms with Crippen molar-refractivity contribution in [1.82, 2.24) is 10.6 Å². The van der Waals surface area contributed by atoms with Crippen molar-refractivity contribution in [2.24, 2.45) is 0 Å². The number of hydrogen-bond acceptors (Lipinski definition) is 4. The number of nitrogens with one attached hydrogen (secondary N) is 2. The van der Waals surface area contributed by atoms with E-state index in [0.29, 0.717) is 6.42 Å². The smallest absolute Gasteiger partial charge is 0.287 e. The van der Waals surface area contributed by atoms with Crippen molar-refractivity contribution < 1.29 is 14.0 Å². The molecule has 1 aromatic heterocycles. The number of hydrogen-bond donors (Lipinski definition) is 2. The Bertz CT molecular complexity index is 660. The third-order valence-electron chi connectivity index (χ3n) is 2.99. The highest BCUT2D eigenvalue weighted by Crippen LogP contribution is 2.06. The molecule has 0 saturated heterocycles. The molecule has 2 N–H and O–H groups in total. The van der Waals surface area contributed by atoms with Gasteiger partial charge in [0, 0.05) is 6.42 Å². The summed E-state index contributed by atoms with van der Waals surface area (Å²) in [5, 5.41) is 13.6. The van der Waals surface area contributed by atoms with Crippen molar-refractivity contribution >= 4 is 11.8 Å². The molecule has 2 rings (SSSR count). The zero-order valence-corrected chi connectivity index (χ0v) is 11.8. The number of carbonyl (C=O) groups is 2. The van der Waals surface area contributed by atoms with Gasteiger partial charge in [0.1, 0.15) is 12.6 Å². The molecule has 1 heterocycles. The minimum Gasteiger partial charge on any atom is -0.459 e. The van der Waals surface area contributed by atoms with Crippen molar-refractivity contribution in [2.75, 3.05) is 6.54 Å². The number of furan rings is 1. The van der Waals surface area contributed by atoms with Crippen LogP contribution >= 0.6 is 0 Å². The predicted octanol–water partition coefficient (Wildman–Crippen LogP) is 1.26. The van der Waals surface area contributed by atoms with Gasteiger partial charge in [0.2, 0.25) is 5.91 Å². The van der Waals surface area contributed by atoms with Gasteiger partial charge in [-0.25, -0.2) is 0 Å². The summed E-state index contributed by atoms with van der Waals surface area (Å²) in [5.74, 6) is -0.755. The van der Waals surface area contributed by atoms with Crippen LogP contribution in [0.2, 0.25) is 0 Å². The minimum absolute atomic E-state index is 0.110. The zero-order chi connectivity index (χ0) is 15.8. The summed E-state index contributed by atoms with van der Waals surface area (Å²) in [7, 11) is 0. The Morgan fingerprint density at radius 2 is 1.95 bits per heavy atom. The van der Waals surface area contributed by atoms with E-state index in [2.05, 4.69) is 10.6 Å². The zero-order valence-electron chi connectivity index (χ0n) is 11.8. The number of nitriles is 1. The maximum absolute atomic E-state index is 12.1. The first-order valence-electron chi connectivity index (χ1n) is 6.73. The second-order valence-corrected chi connectivity index (χ2v) is 4.57. The second-order valence-electron chi connectivity index (χ2n) is 4.57. The van der Waals surface area contributed by atoms with Gasteiger partial charge in [0.15, 0.2) is 5.76 Å². The lowest BCUT2D eigenvalue weighted by atomic mass is 10.1. The molecule has 0 spiro atoms. The molecule has 0 radical (unpaired) electrons. The number of nitrogens with zero attached hydrogens (tertiary/aromatic N) is 1. The molecule has 2 aromatic rings. The minimum atomic E-state index is -0.784. The van der Waals surface area contributed by atoms with E-state index in [1.54, 1.807) is 6.07 Å². The predicted molar refractivity (Wildman–Crippen MR) is 78.7 cm³/mol. The molecule has 0 unspecified atom stereocenters. The summed E-state index contributed by atoms with van der Waals surface area (Å²) in [4.78, 5) is 24.1. The van der Waals surface area contributed by atoms with Crippen molar-refractivity contribution in [2.45, 2.75) is 12.5 Å². The lowest BCUT2D eigenvalue weighted by Gasteiger charge is -2.17. The van der Waals surface area contributed by atoms with E-state index in [0.717, 1.165) is 5.56 Å². The highest BCUT2D eigenvalue weighted by atomic mass is 16.3. The molecule has 0 saturated carbocycles. The van der Waals surface area contributed by atoms with E-state index < -0.39 is 17.9 Å². The van der Waals surface area contributed by atoms with Crippen LogP contribution in [0.5, 0.6) is 0 Å². The molecule has 0 aliphatic carbocycles. The summed E-state index contributed by atoms with van der Waals surface area (Å²) in [6, 6.07) is 13.5. The molecule has 112 valence electrons. The normalized spacial score (nSPS) is 11.2. The van der Waals surface area contributed by atoms with Gasteiger partial charge in [-0.2, -0.15) is 5.26 Å². The summed E-state index contributed by atoms with van der Waals surface area (Å²) in [6.07, 6.45) is 1.71. The Labute approximate surface area is 127 Å². The fourth-order valence-electron chi connectivity index (χ4n) is 1.95. The van der Waals surface area contributed by atoms with E-state index in [1.165, 1.54) is 12.3 Å². The standard InChI is InChI=1S/C16H15N3O3/c17-8-9-18-15(20)13(11-12-5-2-1-3-6-12)19-16(21)14-7-4-10-22-14/h1-7,10,13H,9,11H2,(H,18,20)(H,19,21)/t13-/m1/s1. The fraction of sp³-hybridized carbons (Fsp3) is 0.188. The monoisotopic (exact) mass is 297 g/mol. The molecule has 22 heavy (non-hydrogen) atoms. The molecule has 0 fully saturated rings. The molecule has 1 aromatic carbocycles. The van der Waals surface area contributed by atoms with Crippen LogP contribution in [0.25, 0.3) is 0 Å².